The summed E-state index contributed by atoms with van der Waals surface area (Å²) in [6.07, 6.45) is 6.75. The van der Waals surface area contributed by atoms with Crippen molar-refractivity contribution in [3.63, 3.8) is 0 Å². The van der Waals surface area contributed by atoms with Gasteiger partial charge in [0.2, 0.25) is 0 Å². The zero-order valence-corrected chi connectivity index (χ0v) is 10.1. The number of carbonyl (C=O) groups is 2. The number of carbonyl (C=O) groups excluding carboxylic acids is 2. The van der Waals surface area contributed by atoms with Crippen molar-refractivity contribution in [3.05, 3.63) is 40.5 Å². The predicted octanol–water partition coefficient (Wildman–Crippen LogP) is 2.76. The molecule has 4 rings (SSSR count). The molecule has 18 heavy (non-hydrogen) atoms. The maximum atomic E-state index is 12.2. The summed E-state index contributed by atoms with van der Waals surface area (Å²) in [5.41, 5.74) is 4.94. The van der Waals surface area contributed by atoms with Crippen molar-refractivity contribution < 1.29 is 9.59 Å². The number of rotatable bonds is 0. The molecular formula is C16H14O2. The third kappa shape index (κ3) is 1.23. The minimum absolute atomic E-state index is 0.0596. The Balaban J connectivity index is 2.03. The summed E-state index contributed by atoms with van der Waals surface area (Å²) in [6.45, 7) is 0. The summed E-state index contributed by atoms with van der Waals surface area (Å²) in [6, 6.07) is 4.16. The third-order valence-corrected chi connectivity index (χ3v) is 4.54. The Morgan fingerprint density at radius 1 is 1.06 bits per heavy atom. The molecule has 0 aromatic heterocycles. The molecule has 2 nitrogen and oxygen atoms in total. The van der Waals surface area contributed by atoms with E-state index in [-0.39, 0.29) is 17.6 Å². The van der Waals surface area contributed by atoms with Gasteiger partial charge >= 0.3 is 0 Å². The van der Waals surface area contributed by atoms with Crippen LogP contribution in [0.25, 0.3) is 6.08 Å². The van der Waals surface area contributed by atoms with Crippen LogP contribution in [0.4, 0.5) is 0 Å². The normalized spacial score (nSPS) is 28.2. The van der Waals surface area contributed by atoms with Crippen molar-refractivity contribution in [3.8, 4) is 0 Å². The van der Waals surface area contributed by atoms with Gasteiger partial charge < -0.3 is 0 Å². The van der Waals surface area contributed by atoms with Crippen molar-refractivity contribution in [2.24, 2.45) is 0 Å². The lowest BCUT2D eigenvalue weighted by atomic mass is 9.66. The molecule has 2 atom stereocenters. The predicted molar refractivity (Wildman–Crippen MR) is 68.5 cm³/mol. The smallest absolute Gasteiger partial charge is 0.141 e. The van der Waals surface area contributed by atoms with E-state index in [0.29, 0.717) is 25.0 Å². The van der Waals surface area contributed by atoms with Crippen molar-refractivity contribution >= 4 is 17.6 Å². The summed E-state index contributed by atoms with van der Waals surface area (Å²) >= 11 is 0. The first-order chi connectivity index (χ1) is 8.74. The fourth-order valence-electron chi connectivity index (χ4n) is 3.83. The summed E-state index contributed by atoms with van der Waals surface area (Å²) in [4.78, 5) is 24.0. The molecule has 0 bridgehead atoms. The average molecular weight is 238 g/mol. The fraction of sp³-hybridized carbons (Fsp3) is 0.375. The Morgan fingerprint density at radius 3 is 2.83 bits per heavy atom. The van der Waals surface area contributed by atoms with Crippen LogP contribution < -0.4 is 0 Å². The van der Waals surface area contributed by atoms with Crippen LogP contribution in [-0.2, 0) is 16.0 Å². The molecule has 0 aliphatic heterocycles. The number of Topliss-reactive ketones (excluding diaryl/α,β-unsaturated/α-hetero) is 2. The Labute approximate surface area is 106 Å². The molecule has 3 aliphatic rings. The Morgan fingerprint density at radius 2 is 1.94 bits per heavy atom. The monoisotopic (exact) mass is 238 g/mol. The highest BCUT2D eigenvalue weighted by Crippen LogP contribution is 2.47. The Hall–Kier alpha value is -1.70. The number of ketones is 2. The van der Waals surface area contributed by atoms with Crippen LogP contribution in [-0.4, -0.2) is 11.6 Å². The van der Waals surface area contributed by atoms with Crippen LogP contribution in [0.2, 0.25) is 0 Å². The van der Waals surface area contributed by atoms with Gasteiger partial charge in [-0.2, -0.15) is 0 Å². The Kier molecular flexibility index (Phi) is 1.94. The van der Waals surface area contributed by atoms with Crippen molar-refractivity contribution in [1.82, 2.24) is 0 Å². The first kappa shape index (κ1) is 10.2. The minimum Gasteiger partial charge on any atom is -0.299 e. The third-order valence-electron chi connectivity index (χ3n) is 4.54. The first-order valence-electron chi connectivity index (χ1n) is 6.60. The van der Waals surface area contributed by atoms with E-state index in [1.165, 1.54) is 22.3 Å². The highest BCUT2D eigenvalue weighted by molar-refractivity contribution is 5.95. The number of allylic oxidation sites excluding steroid dienone is 1. The van der Waals surface area contributed by atoms with Crippen LogP contribution in [0, 0.1) is 0 Å². The molecular weight excluding hydrogens is 224 g/mol. The van der Waals surface area contributed by atoms with Crippen molar-refractivity contribution in [2.45, 2.75) is 37.5 Å². The van der Waals surface area contributed by atoms with Gasteiger partial charge in [-0.3, -0.25) is 9.59 Å². The highest BCUT2D eigenvalue weighted by Gasteiger charge is 2.39. The lowest BCUT2D eigenvalue weighted by molar-refractivity contribution is -0.122. The van der Waals surface area contributed by atoms with Crippen molar-refractivity contribution in [2.75, 3.05) is 0 Å². The molecule has 0 spiro atoms. The van der Waals surface area contributed by atoms with Gasteiger partial charge in [0.25, 0.3) is 0 Å². The number of hydrogen-bond acceptors (Lipinski definition) is 2. The molecule has 0 saturated carbocycles. The second-order valence-electron chi connectivity index (χ2n) is 5.62. The largest absolute Gasteiger partial charge is 0.299 e. The molecule has 0 fully saturated rings. The summed E-state index contributed by atoms with van der Waals surface area (Å²) in [5, 5.41) is 0. The maximum absolute atomic E-state index is 12.2. The van der Waals surface area contributed by atoms with E-state index in [0.717, 1.165) is 6.42 Å². The molecule has 1 aromatic rings. The van der Waals surface area contributed by atoms with E-state index < -0.39 is 0 Å². The van der Waals surface area contributed by atoms with Gasteiger partial charge in [-0.15, -0.1) is 0 Å². The first-order valence-corrected chi connectivity index (χ1v) is 6.60. The molecule has 3 aliphatic carbocycles. The molecule has 0 saturated heterocycles. The molecule has 0 heterocycles. The molecule has 1 unspecified atom stereocenters. The average Bonchev–Trinajstić information content (AvgIpc) is 2.36. The van der Waals surface area contributed by atoms with Gasteiger partial charge in [0.15, 0.2) is 0 Å². The fourth-order valence-corrected chi connectivity index (χ4v) is 3.83. The van der Waals surface area contributed by atoms with Gasteiger partial charge in [0, 0.05) is 25.2 Å². The van der Waals surface area contributed by atoms with Gasteiger partial charge in [0.1, 0.15) is 11.6 Å². The quantitative estimate of drug-likeness (QED) is 0.696. The zero-order valence-electron chi connectivity index (χ0n) is 10.1. The summed E-state index contributed by atoms with van der Waals surface area (Å²) in [7, 11) is 0. The zero-order chi connectivity index (χ0) is 12.3. The lowest BCUT2D eigenvalue weighted by Gasteiger charge is -2.37. The number of benzene rings is 1. The second-order valence-corrected chi connectivity index (χ2v) is 5.62. The van der Waals surface area contributed by atoms with Gasteiger partial charge in [-0.1, -0.05) is 24.3 Å². The minimum atomic E-state index is 0.0596. The van der Waals surface area contributed by atoms with E-state index in [1.807, 2.05) is 0 Å². The molecule has 1 aromatic carbocycles. The summed E-state index contributed by atoms with van der Waals surface area (Å²) < 4.78 is 0. The standard InChI is InChI=1S/C16H14O2/c17-12-6-10-5-4-9-2-1-3-13-14(18)8-11(7-12)15(10)16(9)13/h1-2,4-5,11,13H,3,6-8H2/t11-,13?/m0/s1. The SMILES string of the molecule is O=C1Cc2ccc3c4c2[C@@H](C1)CC(=O)C4CC=C3. The Bertz CT molecular complexity index is 610. The van der Waals surface area contributed by atoms with Crippen molar-refractivity contribution in [1.29, 1.82) is 0 Å². The maximum Gasteiger partial charge on any atom is 0.141 e. The van der Waals surface area contributed by atoms with E-state index in [4.69, 9.17) is 0 Å². The molecule has 0 N–H and O–H groups in total. The van der Waals surface area contributed by atoms with Crippen LogP contribution in [0.3, 0.4) is 0 Å². The highest BCUT2D eigenvalue weighted by atomic mass is 16.1. The molecule has 0 amide bonds. The molecule has 2 heteroatoms. The lowest BCUT2D eigenvalue weighted by Crippen LogP contribution is -2.31. The van der Waals surface area contributed by atoms with Gasteiger partial charge in [-0.05, 0) is 34.6 Å². The van der Waals surface area contributed by atoms with Crippen LogP contribution in [0.5, 0.6) is 0 Å². The van der Waals surface area contributed by atoms with Crippen LogP contribution in [0.1, 0.15) is 53.4 Å². The molecule has 0 radical (unpaired) electrons. The van der Waals surface area contributed by atoms with Crippen LogP contribution in [0.15, 0.2) is 18.2 Å². The number of hydrogen-bond donors (Lipinski definition) is 0. The molecule has 90 valence electrons. The van der Waals surface area contributed by atoms with Gasteiger partial charge in [-0.25, -0.2) is 0 Å². The second kappa shape index (κ2) is 3.41. The summed E-state index contributed by atoms with van der Waals surface area (Å²) in [5.74, 6) is 0.825. The van der Waals surface area contributed by atoms with E-state index in [2.05, 4.69) is 24.3 Å². The van der Waals surface area contributed by atoms with E-state index in [1.54, 1.807) is 0 Å². The van der Waals surface area contributed by atoms with E-state index in [9.17, 15) is 9.59 Å². The topological polar surface area (TPSA) is 34.1 Å². The van der Waals surface area contributed by atoms with Gasteiger partial charge in [0.05, 0.1) is 0 Å². The van der Waals surface area contributed by atoms with E-state index >= 15 is 0 Å². The van der Waals surface area contributed by atoms with Crippen LogP contribution >= 0.6 is 0 Å².